The van der Waals surface area contributed by atoms with Crippen LogP contribution in [0.2, 0.25) is 0 Å². The van der Waals surface area contributed by atoms with E-state index in [0.717, 1.165) is 30.9 Å². The van der Waals surface area contributed by atoms with Crippen LogP contribution in [0.5, 0.6) is 0 Å². The molecule has 1 fully saturated rings. The number of likely N-dealkylation sites (N-methyl/N-ethyl adjacent to an activating group) is 1. The van der Waals surface area contributed by atoms with Crippen molar-refractivity contribution in [2.75, 3.05) is 34.2 Å². The summed E-state index contributed by atoms with van der Waals surface area (Å²) in [5.41, 5.74) is 0. The van der Waals surface area contributed by atoms with Crippen molar-refractivity contribution in [1.82, 2.24) is 15.5 Å². The van der Waals surface area contributed by atoms with Crippen LogP contribution in [0.4, 0.5) is 0 Å². The second-order valence-electron chi connectivity index (χ2n) is 5.88. The molecule has 120 valence electrons. The quantitative estimate of drug-likeness (QED) is 0.376. The van der Waals surface area contributed by atoms with Crippen LogP contribution in [0.15, 0.2) is 4.99 Å². The molecule has 0 bridgehead atoms. The molecule has 2 N–H and O–H groups in total. The molecule has 1 aliphatic carbocycles. The topological polar surface area (TPSA) is 39.7 Å². The largest absolute Gasteiger partial charge is 0.356 e. The van der Waals surface area contributed by atoms with E-state index >= 15 is 0 Å². The van der Waals surface area contributed by atoms with Crippen LogP contribution >= 0.6 is 24.0 Å². The summed E-state index contributed by atoms with van der Waals surface area (Å²) < 4.78 is 0. The summed E-state index contributed by atoms with van der Waals surface area (Å²) in [5, 5.41) is 6.92. The summed E-state index contributed by atoms with van der Waals surface area (Å²) in [7, 11) is 6.19. The average Bonchev–Trinajstić information content (AvgIpc) is 3.21. The monoisotopic (exact) mass is 396 g/mol. The van der Waals surface area contributed by atoms with Gasteiger partial charge in [0.2, 0.25) is 0 Å². The minimum atomic E-state index is 0. The van der Waals surface area contributed by atoms with Crippen LogP contribution in [0, 0.1) is 11.8 Å². The van der Waals surface area contributed by atoms with Crippen molar-refractivity contribution >= 4 is 29.9 Å². The lowest BCUT2D eigenvalue weighted by atomic mass is 10.0. The first-order valence-electron chi connectivity index (χ1n) is 7.73. The Kier molecular flexibility index (Phi) is 10.6. The fourth-order valence-corrected chi connectivity index (χ4v) is 2.49. The predicted octanol–water partition coefficient (Wildman–Crippen LogP) is 2.55. The third kappa shape index (κ3) is 7.11. The van der Waals surface area contributed by atoms with Gasteiger partial charge in [0.1, 0.15) is 0 Å². The number of rotatable bonds is 8. The maximum atomic E-state index is 4.32. The molecule has 1 rings (SSSR count). The maximum Gasteiger partial charge on any atom is 0.191 e. The molecule has 20 heavy (non-hydrogen) atoms. The van der Waals surface area contributed by atoms with Gasteiger partial charge < -0.3 is 15.5 Å². The van der Waals surface area contributed by atoms with Gasteiger partial charge in [0.25, 0.3) is 0 Å². The van der Waals surface area contributed by atoms with E-state index in [1.54, 1.807) is 0 Å². The molecule has 1 atom stereocenters. The van der Waals surface area contributed by atoms with Gasteiger partial charge in [-0.05, 0) is 38.8 Å². The van der Waals surface area contributed by atoms with Gasteiger partial charge in [-0.25, -0.2) is 0 Å². The Morgan fingerprint density at radius 1 is 1.15 bits per heavy atom. The molecular weight excluding hydrogens is 363 g/mol. The zero-order chi connectivity index (χ0) is 14.3. The van der Waals surface area contributed by atoms with E-state index in [9.17, 15) is 0 Å². The fraction of sp³-hybridized carbons (Fsp3) is 0.933. The molecule has 5 heteroatoms. The third-order valence-electron chi connectivity index (χ3n) is 4.24. The lowest BCUT2D eigenvalue weighted by Crippen LogP contribution is -2.46. The van der Waals surface area contributed by atoms with Crippen molar-refractivity contribution < 1.29 is 0 Å². The van der Waals surface area contributed by atoms with Gasteiger partial charge in [-0.2, -0.15) is 0 Å². The van der Waals surface area contributed by atoms with Crippen molar-refractivity contribution in [2.24, 2.45) is 16.8 Å². The van der Waals surface area contributed by atoms with Gasteiger partial charge in [0.05, 0.1) is 0 Å². The minimum absolute atomic E-state index is 0. The third-order valence-corrected chi connectivity index (χ3v) is 4.24. The molecule has 0 amide bonds. The van der Waals surface area contributed by atoms with E-state index in [1.165, 1.54) is 25.7 Å². The number of nitrogens with zero attached hydrogens (tertiary/aromatic N) is 2. The summed E-state index contributed by atoms with van der Waals surface area (Å²) in [5.74, 6) is 2.56. The first kappa shape index (κ1) is 20.0. The molecule has 0 radical (unpaired) electrons. The van der Waals surface area contributed by atoms with Crippen LogP contribution < -0.4 is 10.6 Å². The van der Waals surface area contributed by atoms with Crippen LogP contribution in [-0.2, 0) is 0 Å². The molecule has 0 aromatic carbocycles. The Morgan fingerprint density at radius 3 is 2.10 bits per heavy atom. The van der Waals surface area contributed by atoms with Crippen molar-refractivity contribution in [1.29, 1.82) is 0 Å². The van der Waals surface area contributed by atoms with Crippen LogP contribution in [-0.4, -0.2) is 51.1 Å². The molecule has 0 saturated heterocycles. The SMILES string of the molecule is CCC(CC)CNC(=NC)NCC(C1CC1)N(C)C.I. The highest BCUT2D eigenvalue weighted by Crippen LogP contribution is 2.34. The number of guanidine groups is 1. The minimum Gasteiger partial charge on any atom is -0.356 e. The van der Waals surface area contributed by atoms with Crippen molar-refractivity contribution in [2.45, 2.75) is 45.6 Å². The van der Waals surface area contributed by atoms with Crippen LogP contribution in [0.1, 0.15) is 39.5 Å². The molecule has 1 unspecified atom stereocenters. The molecule has 1 saturated carbocycles. The summed E-state index contributed by atoms with van der Waals surface area (Å²) in [6, 6.07) is 0.631. The highest BCUT2D eigenvalue weighted by atomic mass is 127. The van der Waals surface area contributed by atoms with Crippen molar-refractivity contribution in [3.05, 3.63) is 0 Å². The highest BCUT2D eigenvalue weighted by molar-refractivity contribution is 14.0. The summed E-state index contributed by atoms with van der Waals surface area (Å²) in [4.78, 5) is 6.65. The van der Waals surface area contributed by atoms with Crippen LogP contribution in [0.25, 0.3) is 0 Å². The first-order chi connectivity index (χ1) is 9.12. The van der Waals surface area contributed by atoms with Crippen molar-refractivity contribution in [3.63, 3.8) is 0 Å². The molecule has 0 aromatic rings. The maximum absolute atomic E-state index is 4.32. The normalized spacial score (nSPS) is 17.1. The highest BCUT2D eigenvalue weighted by Gasteiger charge is 2.32. The Labute approximate surface area is 142 Å². The number of nitrogens with one attached hydrogen (secondary N) is 2. The summed E-state index contributed by atoms with van der Waals surface area (Å²) in [6.07, 6.45) is 5.21. The van der Waals surface area contributed by atoms with Gasteiger partial charge in [0.15, 0.2) is 5.96 Å². The predicted molar refractivity (Wildman–Crippen MR) is 99.1 cm³/mol. The number of halogens is 1. The van der Waals surface area contributed by atoms with Gasteiger partial charge in [-0.1, -0.05) is 26.7 Å². The molecule has 0 heterocycles. The first-order valence-corrected chi connectivity index (χ1v) is 7.73. The van der Waals surface area contributed by atoms with Gasteiger partial charge in [-0.15, -0.1) is 24.0 Å². The summed E-state index contributed by atoms with van der Waals surface area (Å²) >= 11 is 0. The zero-order valence-electron chi connectivity index (χ0n) is 13.8. The molecule has 1 aliphatic rings. The number of hydrogen-bond acceptors (Lipinski definition) is 2. The Bertz CT molecular complexity index is 271. The second kappa shape index (κ2) is 10.7. The molecule has 0 spiro atoms. The fourth-order valence-electron chi connectivity index (χ4n) is 2.49. The van der Waals surface area contributed by atoms with E-state index < -0.39 is 0 Å². The van der Waals surface area contributed by atoms with E-state index in [4.69, 9.17) is 0 Å². The zero-order valence-corrected chi connectivity index (χ0v) is 16.1. The molecule has 0 aliphatic heterocycles. The number of hydrogen-bond donors (Lipinski definition) is 2. The average molecular weight is 396 g/mol. The molecular formula is C15H33IN4. The summed E-state index contributed by atoms with van der Waals surface area (Å²) in [6.45, 7) is 6.51. The Balaban J connectivity index is 0.00000361. The lowest BCUT2D eigenvalue weighted by Gasteiger charge is -2.25. The van der Waals surface area contributed by atoms with Gasteiger partial charge >= 0.3 is 0 Å². The van der Waals surface area contributed by atoms with Crippen molar-refractivity contribution in [3.8, 4) is 0 Å². The van der Waals surface area contributed by atoms with E-state index in [0.29, 0.717) is 6.04 Å². The van der Waals surface area contributed by atoms with E-state index in [-0.39, 0.29) is 24.0 Å². The van der Waals surface area contributed by atoms with E-state index in [2.05, 4.69) is 48.5 Å². The molecule has 4 nitrogen and oxygen atoms in total. The molecule has 0 aromatic heterocycles. The van der Waals surface area contributed by atoms with Crippen LogP contribution in [0.3, 0.4) is 0 Å². The Morgan fingerprint density at radius 2 is 1.70 bits per heavy atom. The Hall–Kier alpha value is -0.0400. The second-order valence-corrected chi connectivity index (χ2v) is 5.88. The number of aliphatic imine (C=N–C) groups is 1. The van der Waals surface area contributed by atoms with Gasteiger partial charge in [0, 0.05) is 26.2 Å². The standard InChI is InChI=1S/C15H32N4.HI/c1-6-12(7-2)10-17-15(16-3)18-11-14(19(4)5)13-8-9-13;/h12-14H,6-11H2,1-5H3,(H2,16,17,18);1H. The van der Waals surface area contributed by atoms with E-state index in [1.807, 2.05) is 7.05 Å². The van der Waals surface area contributed by atoms with Gasteiger partial charge in [-0.3, -0.25) is 4.99 Å². The lowest BCUT2D eigenvalue weighted by molar-refractivity contribution is 0.264. The smallest absolute Gasteiger partial charge is 0.191 e.